The van der Waals surface area contributed by atoms with E-state index in [1.807, 2.05) is 0 Å². The van der Waals surface area contributed by atoms with Crippen molar-refractivity contribution in [3.05, 3.63) is 40.9 Å². The highest BCUT2D eigenvalue weighted by Gasteiger charge is 2.03. The van der Waals surface area contributed by atoms with Crippen LogP contribution in [0.15, 0.2) is 24.3 Å². The Bertz CT molecular complexity index is 531. The molecule has 2 rings (SSSR count). The first-order valence-corrected chi connectivity index (χ1v) is 5.63. The molecule has 0 fully saturated rings. The summed E-state index contributed by atoms with van der Waals surface area (Å²) in [7, 11) is 1.69. The van der Waals surface area contributed by atoms with Crippen molar-refractivity contribution in [3.63, 3.8) is 0 Å². The quantitative estimate of drug-likeness (QED) is 0.890. The smallest absolute Gasteiger partial charge is 0.229 e. The van der Waals surface area contributed by atoms with Gasteiger partial charge in [0.25, 0.3) is 0 Å². The van der Waals surface area contributed by atoms with Crippen LogP contribution in [0.1, 0.15) is 5.56 Å². The van der Waals surface area contributed by atoms with Crippen molar-refractivity contribution in [2.75, 3.05) is 17.7 Å². The van der Waals surface area contributed by atoms with Crippen LogP contribution in [-0.4, -0.2) is 22.0 Å². The number of anilines is 2. The maximum Gasteiger partial charge on any atom is 0.229 e. The molecular weight excluding hydrogens is 257 g/mol. The Morgan fingerprint density at radius 3 is 2.44 bits per heavy atom. The molecule has 0 amide bonds. The fraction of sp³-hybridized carbons (Fsp3) is 0.182. The van der Waals surface area contributed by atoms with Gasteiger partial charge in [-0.05, 0) is 29.3 Å². The molecule has 1 aromatic carbocycles. The van der Waals surface area contributed by atoms with E-state index in [9.17, 15) is 4.39 Å². The molecule has 2 aromatic rings. The van der Waals surface area contributed by atoms with Gasteiger partial charge in [-0.15, -0.1) is 0 Å². The first-order chi connectivity index (χ1) is 8.67. The minimum atomic E-state index is -0.264. The van der Waals surface area contributed by atoms with Crippen molar-refractivity contribution in [2.45, 2.75) is 6.54 Å². The fourth-order valence-electron chi connectivity index (χ4n) is 1.32. The summed E-state index contributed by atoms with van der Waals surface area (Å²) in [5.74, 6) is 0.486. The zero-order chi connectivity index (χ0) is 13.0. The van der Waals surface area contributed by atoms with Crippen LogP contribution >= 0.6 is 11.6 Å². The molecule has 1 aromatic heterocycles. The van der Waals surface area contributed by atoms with Crippen molar-refractivity contribution in [1.29, 1.82) is 0 Å². The summed E-state index contributed by atoms with van der Waals surface area (Å²) < 4.78 is 12.7. The molecule has 0 saturated heterocycles. The summed E-state index contributed by atoms with van der Waals surface area (Å²) in [4.78, 5) is 11.9. The SMILES string of the molecule is CNc1nc(Cl)nc(NCc2ccc(F)cc2)n1. The molecular formula is C11H11ClFN5. The van der Waals surface area contributed by atoms with Crippen LogP contribution in [0.5, 0.6) is 0 Å². The van der Waals surface area contributed by atoms with E-state index in [1.165, 1.54) is 12.1 Å². The van der Waals surface area contributed by atoms with Gasteiger partial charge < -0.3 is 10.6 Å². The second kappa shape index (κ2) is 5.59. The summed E-state index contributed by atoms with van der Waals surface area (Å²) in [6.07, 6.45) is 0. The van der Waals surface area contributed by atoms with Crippen LogP contribution in [0.3, 0.4) is 0 Å². The molecule has 5 nitrogen and oxygen atoms in total. The number of benzene rings is 1. The summed E-state index contributed by atoms with van der Waals surface area (Å²) in [5, 5.41) is 5.87. The minimum absolute atomic E-state index is 0.107. The molecule has 0 aliphatic carbocycles. The van der Waals surface area contributed by atoms with Gasteiger partial charge in [0.2, 0.25) is 17.2 Å². The van der Waals surface area contributed by atoms with Gasteiger partial charge in [-0.1, -0.05) is 12.1 Å². The third-order valence-corrected chi connectivity index (χ3v) is 2.36. The number of aromatic nitrogens is 3. The Hall–Kier alpha value is -1.95. The highest BCUT2D eigenvalue weighted by molar-refractivity contribution is 6.28. The van der Waals surface area contributed by atoms with Crippen molar-refractivity contribution in [3.8, 4) is 0 Å². The lowest BCUT2D eigenvalue weighted by Gasteiger charge is -2.06. The van der Waals surface area contributed by atoms with Crippen LogP contribution in [0.4, 0.5) is 16.3 Å². The molecule has 0 aliphatic rings. The highest BCUT2D eigenvalue weighted by Crippen LogP contribution is 2.10. The number of nitrogens with zero attached hydrogens (tertiary/aromatic N) is 3. The Morgan fingerprint density at radius 2 is 1.78 bits per heavy atom. The summed E-state index contributed by atoms with van der Waals surface area (Å²) >= 11 is 5.74. The van der Waals surface area contributed by atoms with Crippen LogP contribution < -0.4 is 10.6 Å². The number of rotatable bonds is 4. The number of hydrogen-bond donors (Lipinski definition) is 2. The predicted octanol–water partition coefficient (Wildman–Crippen LogP) is 2.32. The molecule has 94 valence electrons. The second-order valence-corrected chi connectivity index (χ2v) is 3.82. The monoisotopic (exact) mass is 267 g/mol. The van der Waals surface area contributed by atoms with Gasteiger partial charge in [0, 0.05) is 13.6 Å². The lowest BCUT2D eigenvalue weighted by atomic mass is 10.2. The third-order valence-electron chi connectivity index (χ3n) is 2.20. The lowest BCUT2D eigenvalue weighted by Crippen LogP contribution is -2.07. The van der Waals surface area contributed by atoms with E-state index in [1.54, 1.807) is 19.2 Å². The zero-order valence-electron chi connectivity index (χ0n) is 9.61. The first-order valence-electron chi connectivity index (χ1n) is 5.25. The van der Waals surface area contributed by atoms with Crippen LogP contribution in [0, 0.1) is 5.82 Å². The zero-order valence-corrected chi connectivity index (χ0v) is 10.4. The predicted molar refractivity (Wildman–Crippen MR) is 68.1 cm³/mol. The van der Waals surface area contributed by atoms with Gasteiger partial charge >= 0.3 is 0 Å². The van der Waals surface area contributed by atoms with Crippen molar-refractivity contribution in [1.82, 2.24) is 15.0 Å². The van der Waals surface area contributed by atoms with Crippen LogP contribution in [0.2, 0.25) is 5.28 Å². The van der Waals surface area contributed by atoms with Gasteiger partial charge in [-0.2, -0.15) is 15.0 Å². The molecule has 18 heavy (non-hydrogen) atoms. The number of nitrogens with one attached hydrogen (secondary N) is 2. The molecule has 0 spiro atoms. The average Bonchev–Trinajstić information content (AvgIpc) is 2.37. The topological polar surface area (TPSA) is 62.7 Å². The first kappa shape index (κ1) is 12.5. The maximum absolute atomic E-state index is 12.7. The summed E-state index contributed by atoms with van der Waals surface area (Å²) in [6.45, 7) is 0.476. The van der Waals surface area contributed by atoms with Gasteiger partial charge in [0.15, 0.2) is 0 Å². The minimum Gasteiger partial charge on any atom is -0.357 e. The van der Waals surface area contributed by atoms with Crippen molar-refractivity contribution in [2.24, 2.45) is 0 Å². The fourth-order valence-corrected chi connectivity index (χ4v) is 1.48. The Labute approximate surface area is 108 Å². The van der Waals surface area contributed by atoms with E-state index in [4.69, 9.17) is 11.6 Å². The molecule has 0 aliphatic heterocycles. The Morgan fingerprint density at radius 1 is 1.11 bits per heavy atom. The van der Waals surface area contributed by atoms with Crippen LogP contribution in [-0.2, 0) is 6.54 Å². The molecule has 0 radical (unpaired) electrons. The van der Waals surface area contributed by atoms with Gasteiger partial charge in [0.1, 0.15) is 5.82 Å². The van der Waals surface area contributed by atoms with E-state index in [-0.39, 0.29) is 11.1 Å². The standard InChI is InChI=1S/C11H11ClFN5/c1-14-10-16-9(12)17-11(18-10)15-6-7-2-4-8(13)5-3-7/h2-5H,6H2,1H3,(H2,14,15,16,17,18). The van der Waals surface area contributed by atoms with Crippen molar-refractivity contribution < 1.29 is 4.39 Å². The average molecular weight is 268 g/mol. The van der Waals surface area contributed by atoms with E-state index < -0.39 is 0 Å². The molecule has 0 unspecified atom stereocenters. The highest BCUT2D eigenvalue weighted by atomic mass is 35.5. The third kappa shape index (κ3) is 3.27. The largest absolute Gasteiger partial charge is 0.357 e. The molecule has 1 heterocycles. The van der Waals surface area contributed by atoms with E-state index >= 15 is 0 Å². The molecule has 0 bridgehead atoms. The van der Waals surface area contributed by atoms with Crippen molar-refractivity contribution >= 4 is 23.5 Å². The lowest BCUT2D eigenvalue weighted by molar-refractivity contribution is 0.627. The summed E-state index contributed by atoms with van der Waals surface area (Å²) in [5.41, 5.74) is 0.916. The van der Waals surface area contributed by atoms with Gasteiger partial charge in [-0.25, -0.2) is 4.39 Å². The Kier molecular flexibility index (Phi) is 3.88. The summed E-state index contributed by atoms with van der Waals surface area (Å²) in [6, 6.07) is 6.17. The maximum atomic E-state index is 12.7. The number of hydrogen-bond acceptors (Lipinski definition) is 5. The van der Waals surface area contributed by atoms with Crippen LogP contribution in [0.25, 0.3) is 0 Å². The normalized spacial score (nSPS) is 10.2. The van der Waals surface area contributed by atoms with Gasteiger partial charge in [0.05, 0.1) is 0 Å². The van der Waals surface area contributed by atoms with Gasteiger partial charge in [-0.3, -0.25) is 0 Å². The van der Waals surface area contributed by atoms with E-state index in [0.29, 0.717) is 18.4 Å². The molecule has 0 atom stereocenters. The molecule has 7 heteroatoms. The van der Waals surface area contributed by atoms with E-state index in [2.05, 4.69) is 25.6 Å². The molecule has 0 saturated carbocycles. The molecule has 2 N–H and O–H groups in total. The van der Waals surface area contributed by atoms with E-state index in [0.717, 1.165) is 5.56 Å². The second-order valence-electron chi connectivity index (χ2n) is 3.48. The number of halogens is 2. The Balaban J connectivity index is 2.05.